The molecule has 4 rings (SSSR count). The average Bonchev–Trinajstić information content (AvgIpc) is 3.20. The number of carbonyl (C=O) groups is 1. The lowest BCUT2D eigenvalue weighted by atomic mass is 9.97. The van der Waals surface area contributed by atoms with Crippen molar-refractivity contribution in [2.45, 2.75) is 32.2 Å². The number of nitrogens with two attached hydrogens (primary N) is 1. The fourth-order valence-corrected chi connectivity index (χ4v) is 5.05. The first-order valence-electron chi connectivity index (χ1n) is 13.3. The molecule has 0 saturated carbocycles. The minimum atomic E-state index is 0.0581. The predicted octanol–water partition coefficient (Wildman–Crippen LogP) is 6.55. The van der Waals surface area contributed by atoms with Crippen LogP contribution in [-0.4, -0.2) is 23.6 Å². The van der Waals surface area contributed by atoms with Gasteiger partial charge in [-0.05, 0) is 36.0 Å². The third-order valence-corrected chi connectivity index (χ3v) is 7.44. The molecule has 0 unspecified atom stereocenters. The number of unbranched alkanes of at least 4 members (excludes halogenated alkanes) is 2. The molecule has 0 bridgehead atoms. The first-order valence-corrected chi connectivity index (χ1v) is 14.1. The molecule has 4 aromatic rings. The van der Waals surface area contributed by atoms with Crippen LogP contribution in [0.3, 0.4) is 0 Å². The van der Waals surface area contributed by atoms with E-state index < -0.39 is 0 Å². The zero-order chi connectivity index (χ0) is 27.6. The zero-order valence-electron chi connectivity index (χ0n) is 22.2. The lowest BCUT2D eigenvalue weighted by Gasteiger charge is -2.07. The molecule has 1 amide bonds. The quantitative estimate of drug-likeness (QED) is 0.117. The van der Waals surface area contributed by atoms with E-state index in [0.29, 0.717) is 29.6 Å². The molecule has 202 valence electrons. The van der Waals surface area contributed by atoms with Gasteiger partial charge in [0.1, 0.15) is 0 Å². The molecule has 0 aliphatic carbocycles. The smallest absolute Gasteiger partial charge is 0.282 e. The Labute approximate surface area is 240 Å². The van der Waals surface area contributed by atoms with E-state index >= 15 is 0 Å². The molecule has 0 atom stereocenters. The number of hydrogen-bond acceptors (Lipinski definition) is 2. The van der Waals surface area contributed by atoms with Crippen LogP contribution in [0.15, 0.2) is 84.9 Å². The fraction of sp³-hybridized carbons (Fsp3) is 0.250. The number of rotatable bonds is 12. The number of amides is 1. The van der Waals surface area contributed by atoms with Gasteiger partial charge in [-0.1, -0.05) is 96.0 Å². The molecule has 0 fully saturated rings. The average molecular weight is 563 g/mol. The number of nitrogens with zero attached hydrogens (tertiary/aromatic N) is 2. The molecule has 3 aromatic carbocycles. The van der Waals surface area contributed by atoms with Gasteiger partial charge in [0.15, 0.2) is 11.0 Å². The molecule has 0 spiro atoms. The minimum absolute atomic E-state index is 0.0581. The van der Waals surface area contributed by atoms with Crippen molar-refractivity contribution in [2.24, 2.45) is 12.8 Å². The summed E-state index contributed by atoms with van der Waals surface area (Å²) in [4.78, 5) is 11.9. The van der Waals surface area contributed by atoms with Crippen molar-refractivity contribution >= 4 is 51.8 Å². The van der Waals surface area contributed by atoms with Gasteiger partial charge in [0, 0.05) is 37.7 Å². The van der Waals surface area contributed by atoms with Crippen LogP contribution in [0.5, 0.6) is 0 Å². The maximum Gasteiger partial charge on any atom is 0.282 e. The Hall–Kier alpha value is -3.38. The van der Waals surface area contributed by atoms with Crippen LogP contribution in [-0.2, 0) is 18.4 Å². The van der Waals surface area contributed by atoms with Crippen molar-refractivity contribution < 1.29 is 9.36 Å². The van der Waals surface area contributed by atoms with Gasteiger partial charge < -0.3 is 11.1 Å². The van der Waals surface area contributed by atoms with E-state index in [1.165, 1.54) is 0 Å². The number of imidazole rings is 1. The highest BCUT2D eigenvalue weighted by atomic mass is 35.5. The summed E-state index contributed by atoms with van der Waals surface area (Å²) in [5.74, 6) is 1.10. The highest BCUT2D eigenvalue weighted by molar-refractivity contribution is 6.42. The van der Waals surface area contributed by atoms with Gasteiger partial charge in [-0.25, -0.2) is 9.13 Å². The number of benzene rings is 3. The first kappa shape index (κ1) is 28.6. The van der Waals surface area contributed by atoms with Crippen molar-refractivity contribution in [3.05, 3.63) is 112 Å². The molecule has 7 heteroatoms. The molecule has 0 aliphatic heterocycles. The van der Waals surface area contributed by atoms with Gasteiger partial charge in [-0.2, -0.15) is 0 Å². The monoisotopic (exact) mass is 561 g/mol. The van der Waals surface area contributed by atoms with Gasteiger partial charge in [-0.15, -0.1) is 0 Å². The van der Waals surface area contributed by atoms with Crippen LogP contribution in [0.2, 0.25) is 10.0 Å². The molecule has 1 aromatic heterocycles. The van der Waals surface area contributed by atoms with Crippen LogP contribution in [0.4, 0.5) is 0 Å². The highest BCUT2D eigenvalue weighted by Gasteiger charge is 2.22. The Bertz CT molecular complexity index is 1420. The number of hydrogen-bond donors (Lipinski definition) is 2. The van der Waals surface area contributed by atoms with Crippen molar-refractivity contribution in [3.63, 3.8) is 0 Å². The summed E-state index contributed by atoms with van der Waals surface area (Å²) in [6.07, 6.45) is 9.62. The lowest BCUT2D eigenvalue weighted by molar-refractivity contribution is -0.647. The van der Waals surface area contributed by atoms with Gasteiger partial charge in [0.2, 0.25) is 5.91 Å². The van der Waals surface area contributed by atoms with E-state index in [1.54, 1.807) is 0 Å². The number of halogens is 2. The summed E-state index contributed by atoms with van der Waals surface area (Å²) in [6.45, 7) is 1.78. The van der Waals surface area contributed by atoms with Gasteiger partial charge in [0.25, 0.3) is 5.82 Å². The third kappa shape index (κ3) is 7.39. The van der Waals surface area contributed by atoms with Crippen LogP contribution < -0.4 is 15.6 Å². The highest BCUT2D eigenvalue weighted by Crippen LogP contribution is 2.29. The Morgan fingerprint density at radius 3 is 2.23 bits per heavy atom. The van der Waals surface area contributed by atoms with Crippen LogP contribution in [0.25, 0.3) is 22.7 Å². The molecule has 0 radical (unpaired) electrons. The Kier molecular flexibility index (Phi) is 10.4. The number of carbonyl (C=O) groups excluding carboxylic acids is 1. The molecule has 1 heterocycles. The number of allylic oxidation sites excluding steroid dienone is 2. The van der Waals surface area contributed by atoms with Gasteiger partial charge >= 0.3 is 0 Å². The van der Waals surface area contributed by atoms with Crippen molar-refractivity contribution in [1.82, 2.24) is 9.88 Å². The third-order valence-electron chi connectivity index (χ3n) is 6.72. The summed E-state index contributed by atoms with van der Waals surface area (Å²) < 4.78 is 4.42. The van der Waals surface area contributed by atoms with E-state index in [4.69, 9.17) is 28.9 Å². The van der Waals surface area contributed by atoms with E-state index in [0.717, 1.165) is 59.4 Å². The molecule has 0 saturated heterocycles. The summed E-state index contributed by atoms with van der Waals surface area (Å²) in [5, 5.41) is 3.90. The minimum Gasteiger partial charge on any atom is -0.355 e. The van der Waals surface area contributed by atoms with E-state index in [9.17, 15) is 4.79 Å². The second-order valence-corrected chi connectivity index (χ2v) is 10.3. The molecular formula is C32H35Cl2N4O+. The normalized spacial score (nSPS) is 11.3. The van der Waals surface area contributed by atoms with Crippen molar-refractivity contribution in [3.8, 4) is 0 Å². The zero-order valence-corrected chi connectivity index (χ0v) is 23.8. The van der Waals surface area contributed by atoms with Crippen LogP contribution in [0, 0.1) is 0 Å². The Balaban J connectivity index is 1.62. The lowest BCUT2D eigenvalue weighted by Crippen LogP contribution is -2.31. The van der Waals surface area contributed by atoms with Gasteiger partial charge in [-0.3, -0.25) is 4.79 Å². The topological polar surface area (TPSA) is 63.9 Å². The van der Waals surface area contributed by atoms with Crippen LogP contribution >= 0.6 is 23.2 Å². The van der Waals surface area contributed by atoms with Crippen molar-refractivity contribution in [1.29, 1.82) is 0 Å². The molecule has 5 nitrogen and oxygen atoms in total. The fourth-order valence-electron chi connectivity index (χ4n) is 4.73. The van der Waals surface area contributed by atoms with Gasteiger partial charge in [0.05, 0.1) is 23.6 Å². The molecule has 0 aliphatic rings. The predicted molar refractivity (Wildman–Crippen MR) is 163 cm³/mol. The van der Waals surface area contributed by atoms with E-state index in [2.05, 4.69) is 81.2 Å². The maximum absolute atomic E-state index is 11.9. The number of aromatic nitrogens is 2. The second kappa shape index (κ2) is 14.1. The van der Waals surface area contributed by atoms with Crippen LogP contribution in [0.1, 0.15) is 42.6 Å². The SMILES string of the molecule is C[n+]1c(/C=C/C=C(c2ccccc2)c2ccccc2)n(CCCCCC(=O)NCCN)c2cc(Cl)c(Cl)cc21. The largest absolute Gasteiger partial charge is 0.355 e. The summed E-state index contributed by atoms with van der Waals surface area (Å²) in [7, 11) is 2.05. The van der Waals surface area contributed by atoms with E-state index in [1.807, 2.05) is 31.3 Å². The van der Waals surface area contributed by atoms with Crippen molar-refractivity contribution in [2.75, 3.05) is 13.1 Å². The molecule has 39 heavy (non-hydrogen) atoms. The number of nitrogens with one attached hydrogen (secondary N) is 1. The number of aryl methyl sites for hydroxylation is 2. The summed E-state index contributed by atoms with van der Waals surface area (Å²) >= 11 is 12.8. The van der Waals surface area contributed by atoms with E-state index in [-0.39, 0.29) is 5.91 Å². The summed E-state index contributed by atoms with van der Waals surface area (Å²) in [6, 6.07) is 24.7. The first-order chi connectivity index (χ1) is 19.0. The molecule has 3 N–H and O–H groups in total. The Morgan fingerprint density at radius 2 is 1.59 bits per heavy atom. The Morgan fingerprint density at radius 1 is 0.949 bits per heavy atom. The second-order valence-electron chi connectivity index (χ2n) is 9.44. The summed E-state index contributed by atoms with van der Waals surface area (Å²) in [5.41, 5.74) is 11.0. The molecular weight excluding hydrogens is 527 g/mol. The standard InChI is InChI=1S/C32H34Cl2N4O/c1-37-29-22-27(33)28(34)23-30(29)38(21-10-4-9-17-31(39)36-20-19-35)32(37)18-11-16-26(24-12-5-2-6-13-24)25-14-7-3-8-15-25/h2-3,5-8,11-16,18,22-23H,4,9-10,17,19-21,35H2,1H3/p+1/b18-11+. The maximum atomic E-state index is 11.9. The number of fused-ring (bicyclic) bond motifs is 1.